The van der Waals surface area contributed by atoms with E-state index in [-0.39, 0.29) is 59.9 Å². The molecular formula is C22H34ClN3O5S. The van der Waals surface area contributed by atoms with Crippen LogP contribution in [0.15, 0.2) is 24.8 Å². The number of carbonyl (C=O) groups excluding carboxylic acids is 1. The average molecular weight is 488 g/mol. The second-order valence-electron chi connectivity index (χ2n) is 8.08. The molecule has 10 heteroatoms. The second kappa shape index (κ2) is 12.4. The van der Waals surface area contributed by atoms with E-state index in [1.54, 1.807) is 18.2 Å². The van der Waals surface area contributed by atoms with Crippen LogP contribution in [-0.2, 0) is 14.8 Å². The van der Waals surface area contributed by atoms with Crippen LogP contribution in [0.25, 0.3) is 0 Å². The van der Waals surface area contributed by atoms with E-state index >= 15 is 0 Å². The highest BCUT2D eigenvalue weighted by atomic mass is 35.5. The van der Waals surface area contributed by atoms with Crippen LogP contribution in [0, 0.1) is 5.92 Å². The lowest BCUT2D eigenvalue weighted by Crippen LogP contribution is -2.46. The van der Waals surface area contributed by atoms with Crippen LogP contribution in [0.4, 0.5) is 11.6 Å². The summed E-state index contributed by atoms with van der Waals surface area (Å²) in [6.07, 6.45) is 5.58. The number of fused-ring (bicyclic) bond motifs is 1. The van der Waals surface area contributed by atoms with Gasteiger partial charge in [-0.2, -0.15) is 0 Å². The fraction of sp³-hybridized carbons (Fsp3) is 0.636. The van der Waals surface area contributed by atoms with Crippen LogP contribution in [0.5, 0.6) is 5.75 Å². The van der Waals surface area contributed by atoms with Gasteiger partial charge >= 0.3 is 0 Å². The number of halogens is 1. The van der Waals surface area contributed by atoms with E-state index in [9.17, 15) is 18.3 Å². The summed E-state index contributed by atoms with van der Waals surface area (Å²) in [7, 11) is -3.78. The number of nitrogens with one attached hydrogen (secondary N) is 1. The Labute approximate surface area is 196 Å². The number of pyridine rings is 1. The fourth-order valence-electron chi connectivity index (χ4n) is 3.37. The van der Waals surface area contributed by atoms with E-state index in [1.807, 2.05) is 6.92 Å². The van der Waals surface area contributed by atoms with E-state index < -0.39 is 16.1 Å². The molecule has 1 aromatic rings. The highest BCUT2D eigenvalue weighted by molar-refractivity contribution is 7.92. The first-order chi connectivity index (χ1) is 15.2. The van der Waals surface area contributed by atoms with Gasteiger partial charge in [0.15, 0.2) is 11.6 Å². The number of hydrogen-bond acceptors (Lipinski definition) is 6. The Morgan fingerprint density at radius 2 is 2.19 bits per heavy atom. The van der Waals surface area contributed by atoms with Crippen molar-refractivity contribution in [3.8, 4) is 5.75 Å². The molecule has 0 saturated carbocycles. The molecule has 2 heterocycles. The number of sulfonamides is 1. The number of nitrogens with zero attached hydrogens (tertiary/aromatic N) is 2. The van der Waals surface area contributed by atoms with E-state index in [0.29, 0.717) is 6.42 Å². The lowest BCUT2D eigenvalue weighted by molar-refractivity contribution is -0.119. The monoisotopic (exact) mass is 487 g/mol. The normalized spacial score (nSPS) is 17.8. The SMILES string of the molecule is C=CCC(Cl)CCS(=O)(=O)N1C[C@H](CO)Oc2ccc(NC(=O)[C@@H](C)CCCCC)nc21. The van der Waals surface area contributed by atoms with Crippen LogP contribution < -0.4 is 14.4 Å². The molecule has 1 amide bonds. The molecule has 2 rings (SSSR count). The Kier molecular flexibility index (Phi) is 10.2. The van der Waals surface area contributed by atoms with E-state index in [0.717, 1.165) is 30.0 Å². The van der Waals surface area contributed by atoms with E-state index in [2.05, 4.69) is 23.8 Å². The smallest absolute Gasteiger partial charge is 0.236 e. The minimum atomic E-state index is -3.78. The molecule has 0 aromatic carbocycles. The number of aliphatic hydroxyl groups excluding tert-OH is 1. The minimum absolute atomic E-state index is 0.0714. The van der Waals surface area contributed by atoms with E-state index in [1.165, 1.54) is 0 Å². The van der Waals surface area contributed by atoms with Gasteiger partial charge in [0.05, 0.1) is 18.9 Å². The molecule has 1 aliphatic heterocycles. The lowest BCUT2D eigenvalue weighted by Gasteiger charge is -2.34. The molecular weight excluding hydrogens is 454 g/mol. The van der Waals surface area contributed by atoms with Crippen molar-refractivity contribution in [2.45, 2.75) is 63.9 Å². The predicted octanol–water partition coefficient (Wildman–Crippen LogP) is 3.70. The Morgan fingerprint density at radius 1 is 1.44 bits per heavy atom. The molecule has 3 atom stereocenters. The van der Waals surface area contributed by atoms with Crippen LogP contribution in [-0.4, -0.2) is 54.8 Å². The molecule has 180 valence electrons. The molecule has 0 fully saturated rings. The molecule has 0 saturated heterocycles. The molecule has 8 nitrogen and oxygen atoms in total. The molecule has 2 N–H and O–H groups in total. The van der Waals surface area contributed by atoms with Crippen LogP contribution in [0.1, 0.15) is 52.4 Å². The fourth-order valence-corrected chi connectivity index (χ4v) is 5.33. The first kappa shape index (κ1) is 26.4. The Bertz CT molecular complexity index is 880. The van der Waals surface area contributed by atoms with Gasteiger partial charge in [-0.3, -0.25) is 4.79 Å². The number of allylic oxidation sites excluding steroid dienone is 1. The standard InChI is InChI=1S/C22H34ClN3O5S/c1-4-6-7-9-16(3)22(28)25-20-11-10-19-21(24-20)26(14-18(15-27)31-19)32(29,30)13-12-17(23)8-5-2/h5,10-11,16-18,27H,2,4,6-9,12-15H2,1,3H3,(H,24,25,28)/t16-,17?,18+/m0/s1. The lowest BCUT2D eigenvalue weighted by atomic mass is 10.0. The Morgan fingerprint density at radius 3 is 2.84 bits per heavy atom. The molecule has 1 aromatic heterocycles. The number of unbranched alkanes of at least 4 members (excludes halogenated alkanes) is 2. The summed E-state index contributed by atoms with van der Waals surface area (Å²) in [5.41, 5.74) is 0. The molecule has 0 spiro atoms. The third-order valence-corrected chi connectivity index (χ3v) is 7.47. The van der Waals surface area contributed by atoms with Crippen molar-refractivity contribution in [1.29, 1.82) is 0 Å². The van der Waals surface area contributed by atoms with Crippen LogP contribution >= 0.6 is 11.6 Å². The summed E-state index contributed by atoms with van der Waals surface area (Å²) in [5, 5.41) is 12.0. The van der Waals surface area contributed by atoms with Gasteiger partial charge in [0.1, 0.15) is 11.9 Å². The maximum Gasteiger partial charge on any atom is 0.236 e. The second-order valence-corrected chi connectivity index (χ2v) is 10.7. The number of ether oxygens (including phenoxy) is 1. The maximum atomic E-state index is 13.1. The van der Waals surface area contributed by atoms with Crippen molar-refractivity contribution in [2.24, 2.45) is 5.92 Å². The summed E-state index contributed by atoms with van der Waals surface area (Å²) < 4.78 is 33.0. The van der Waals surface area contributed by atoms with Crippen molar-refractivity contribution < 1.29 is 23.1 Å². The summed E-state index contributed by atoms with van der Waals surface area (Å²) in [5.74, 6) is 0.0629. The molecule has 1 aliphatic rings. The van der Waals surface area contributed by atoms with Gasteiger partial charge in [0, 0.05) is 11.3 Å². The molecule has 0 radical (unpaired) electrons. The first-order valence-electron chi connectivity index (χ1n) is 11.1. The third-order valence-electron chi connectivity index (χ3n) is 5.33. The van der Waals surface area contributed by atoms with Crippen LogP contribution in [0.3, 0.4) is 0 Å². The zero-order valence-corrected chi connectivity index (χ0v) is 20.4. The van der Waals surface area contributed by atoms with Gasteiger partial charge in [-0.15, -0.1) is 18.2 Å². The Balaban J connectivity index is 2.21. The Hall–Kier alpha value is -1.84. The van der Waals surface area contributed by atoms with Crippen molar-refractivity contribution in [2.75, 3.05) is 28.5 Å². The first-order valence-corrected chi connectivity index (χ1v) is 13.1. The molecule has 32 heavy (non-hydrogen) atoms. The summed E-state index contributed by atoms with van der Waals surface area (Å²) in [6.45, 7) is 7.18. The van der Waals surface area contributed by atoms with Gasteiger partial charge in [-0.25, -0.2) is 17.7 Å². The quantitative estimate of drug-likeness (QED) is 0.249. The van der Waals surface area contributed by atoms with Crippen molar-refractivity contribution in [3.63, 3.8) is 0 Å². The molecule has 0 aliphatic carbocycles. The van der Waals surface area contributed by atoms with Gasteiger partial charge in [-0.05, 0) is 31.4 Å². The number of aliphatic hydroxyl groups is 1. The zero-order valence-electron chi connectivity index (χ0n) is 18.8. The van der Waals surface area contributed by atoms with E-state index in [4.69, 9.17) is 16.3 Å². The highest BCUT2D eigenvalue weighted by Gasteiger charge is 2.35. The van der Waals surface area contributed by atoms with Gasteiger partial charge in [-0.1, -0.05) is 39.2 Å². The van der Waals surface area contributed by atoms with Crippen molar-refractivity contribution in [1.82, 2.24) is 4.98 Å². The van der Waals surface area contributed by atoms with Gasteiger partial charge in [0.2, 0.25) is 15.9 Å². The number of aromatic nitrogens is 1. The summed E-state index contributed by atoms with van der Waals surface area (Å²) >= 11 is 6.16. The minimum Gasteiger partial charge on any atom is -0.482 e. The number of anilines is 2. The highest BCUT2D eigenvalue weighted by Crippen LogP contribution is 2.35. The number of rotatable bonds is 13. The van der Waals surface area contributed by atoms with Crippen molar-refractivity contribution >= 4 is 39.2 Å². The third kappa shape index (κ3) is 7.35. The number of amides is 1. The summed E-state index contributed by atoms with van der Waals surface area (Å²) in [4.78, 5) is 16.9. The van der Waals surface area contributed by atoms with Gasteiger partial charge < -0.3 is 15.2 Å². The number of hydrogen-bond donors (Lipinski definition) is 2. The maximum absolute atomic E-state index is 13.1. The molecule has 0 bridgehead atoms. The molecule has 1 unspecified atom stereocenters. The number of carbonyl (C=O) groups is 1. The van der Waals surface area contributed by atoms with Gasteiger partial charge in [0.25, 0.3) is 0 Å². The predicted molar refractivity (Wildman–Crippen MR) is 128 cm³/mol. The largest absolute Gasteiger partial charge is 0.482 e. The van der Waals surface area contributed by atoms with Crippen molar-refractivity contribution in [3.05, 3.63) is 24.8 Å². The summed E-state index contributed by atoms with van der Waals surface area (Å²) in [6, 6.07) is 3.13. The zero-order chi connectivity index (χ0) is 23.7. The van der Waals surface area contributed by atoms with Crippen LogP contribution in [0.2, 0.25) is 0 Å². The average Bonchev–Trinajstić information content (AvgIpc) is 2.77. The topological polar surface area (TPSA) is 109 Å². The number of alkyl halides is 1.